The van der Waals surface area contributed by atoms with Gasteiger partial charge in [0.2, 0.25) is 0 Å². The van der Waals surface area contributed by atoms with Crippen LogP contribution in [-0.2, 0) is 0 Å². The number of nitro groups is 1. The highest BCUT2D eigenvalue weighted by Gasteiger charge is 2.28. The Hall–Kier alpha value is -1.08. The maximum atomic E-state index is 11.3. The van der Waals surface area contributed by atoms with Crippen molar-refractivity contribution >= 4 is 39.6 Å². The number of anilines is 1. The molecule has 0 spiro atoms. The van der Waals surface area contributed by atoms with Crippen LogP contribution >= 0.6 is 23.1 Å². The second kappa shape index (κ2) is 5.27. The fraction of sp³-hybridized carbons (Fsp3) is 0.545. The second-order valence-electron chi connectivity index (χ2n) is 4.24. The molecule has 18 heavy (non-hydrogen) atoms. The fourth-order valence-corrected chi connectivity index (χ4v) is 3.97. The number of carbonyl (C=O) groups is 1. The first kappa shape index (κ1) is 13.4. The van der Waals surface area contributed by atoms with Crippen LogP contribution in [-0.4, -0.2) is 34.8 Å². The van der Waals surface area contributed by atoms with Crippen molar-refractivity contribution in [2.75, 3.05) is 23.7 Å². The Morgan fingerprint density at radius 2 is 2.33 bits per heavy atom. The molecule has 0 radical (unpaired) electrons. The van der Waals surface area contributed by atoms with Gasteiger partial charge >= 0.3 is 5.69 Å². The summed E-state index contributed by atoms with van der Waals surface area (Å²) in [5.74, 6) is 0.847. The second-order valence-corrected chi connectivity index (χ2v) is 6.82. The number of hydrogen-bond donors (Lipinski definition) is 0. The predicted molar refractivity (Wildman–Crippen MR) is 75.1 cm³/mol. The lowest BCUT2D eigenvalue weighted by atomic mass is 10.3. The van der Waals surface area contributed by atoms with E-state index in [9.17, 15) is 14.9 Å². The van der Waals surface area contributed by atoms with E-state index in [2.05, 4.69) is 6.92 Å². The van der Waals surface area contributed by atoms with E-state index in [0.717, 1.165) is 18.8 Å². The van der Waals surface area contributed by atoms with Gasteiger partial charge in [-0.15, -0.1) is 11.3 Å². The first-order valence-corrected chi connectivity index (χ1v) is 7.51. The topological polar surface area (TPSA) is 63.4 Å². The van der Waals surface area contributed by atoms with E-state index >= 15 is 0 Å². The van der Waals surface area contributed by atoms with Crippen molar-refractivity contribution in [2.24, 2.45) is 0 Å². The molecular formula is C11H14N2O3S2. The Kier molecular flexibility index (Phi) is 3.91. The van der Waals surface area contributed by atoms with Gasteiger partial charge in [0.05, 0.1) is 9.80 Å². The van der Waals surface area contributed by atoms with Crippen LogP contribution in [0.2, 0.25) is 0 Å². The van der Waals surface area contributed by atoms with Gasteiger partial charge in [-0.1, -0.05) is 6.92 Å². The molecular weight excluding hydrogens is 272 g/mol. The third kappa shape index (κ3) is 2.67. The molecule has 1 aliphatic rings. The average Bonchev–Trinajstić information content (AvgIpc) is 2.73. The van der Waals surface area contributed by atoms with Gasteiger partial charge in [0.1, 0.15) is 0 Å². The van der Waals surface area contributed by atoms with Crippen molar-refractivity contribution < 1.29 is 9.72 Å². The third-order valence-corrected chi connectivity index (χ3v) is 5.19. The number of rotatable bonds is 3. The molecule has 0 saturated carbocycles. The summed E-state index contributed by atoms with van der Waals surface area (Å²) in [7, 11) is 0. The van der Waals surface area contributed by atoms with Gasteiger partial charge in [-0.05, 0) is 6.92 Å². The summed E-state index contributed by atoms with van der Waals surface area (Å²) in [5, 5.41) is 12.1. The normalized spacial score (nSPS) is 19.9. The van der Waals surface area contributed by atoms with E-state index in [1.165, 1.54) is 24.3 Å². The molecule has 1 aliphatic heterocycles. The largest absolute Gasteiger partial charge is 0.356 e. The van der Waals surface area contributed by atoms with E-state index < -0.39 is 4.92 Å². The van der Waals surface area contributed by atoms with E-state index in [-0.39, 0.29) is 11.5 Å². The van der Waals surface area contributed by atoms with Crippen LogP contribution in [0, 0.1) is 10.1 Å². The van der Waals surface area contributed by atoms with Crippen molar-refractivity contribution in [1.29, 1.82) is 0 Å². The molecule has 2 heterocycles. The van der Waals surface area contributed by atoms with Crippen LogP contribution in [0.25, 0.3) is 0 Å². The van der Waals surface area contributed by atoms with E-state index in [4.69, 9.17) is 0 Å². The molecule has 1 atom stereocenters. The Labute approximate surface area is 113 Å². The maximum absolute atomic E-state index is 11.3. The molecule has 1 fully saturated rings. The van der Waals surface area contributed by atoms with Crippen LogP contribution in [0.4, 0.5) is 10.7 Å². The van der Waals surface area contributed by atoms with Crippen LogP contribution in [0.15, 0.2) is 6.07 Å². The van der Waals surface area contributed by atoms with Gasteiger partial charge in [0.25, 0.3) is 0 Å². The standard InChI is InChI=1S/C11H14N2O3S2/c1-7-6-12(3-4-17-7)11-9(13(15)16)5-10(18-11)8(2)14/h5,7H,3-4,6H2,1-2H3. The van der Waals surface area contributed by atoms with Crippen molar-refractivity contribution in [3.05, 3.63) is 21.1 Å². The van der Waals surface area contributed by atoms with Crippen molar-refractivity contribution in [3.8, 4) is 0 Å². The fourth-order valence-electron chi connectivity index (χ4n) is 1.91. The number of carbonyl (C=O) groups excluding carboxylic acids is 1. The third-order valence-electron chi connectivity index (χ3n) is 2.77. The van der Waals surface area contributed by atoms with Crippen LogP contribution in [0.1, 0.15) is 23.5 Å². The highest BCUT2D eigenvalue weighted by molar-refractivity contribution is 8.00. The lowest BCUT2D eigenvalue weighted by Gasteiger charge is -2.30. The van der Waals surface area contributed by atoms with Gasteiger partial charge in [-0.3, -0.25) is 14.9 Å². The minimum atomic E-state index is -0.398. The zero-order valence-corrected chi connectivity index (χ0v) is 11.8. The zero-order valence-electron chi connectivity index (χ0n) is 10.2. The average molecular weight is 286 g/mol. The molecule has 7 heteroatoms. The molecule has 98 valence electrons. The number of thiophene rings is 1. The molecule has 5 nitrogen and oxygen atoms in total. The van der Waals surface area contributed by atoms with Crippen LogP contribution in [0.5, 0.6) is 0 Å². The lowest BCUT2D eigenvalue weighted by molar-refractivity contribution is -0.383. The van der Waals surface area contributed by atoms with E-state index in [1.54, 1.807) is 0 Å². The maximum Gasteiger partial charge on any atom is 0.304 e. The molecule has 0 amide bonds. The summed E-state index contributed by atoms with van der Waals surface area (Å²) in [4.78, 5) is 24.5. The number of ketones is 1. The molecule has 0 bridgehead atoms. The number of hydrogen-bond acceptors (Lipinski definition) is 6. The van der Waals surface area contributed by atoms with Gasteiger partial charge in [-0.2, -0.15) is 11.8 Å². The van der Waals surface area contributed by atoms with E-state index in [1.807, 2.05) is 16.7 Å². The molecule has 1 saturated heterocycles. The minimum absolute atomic E-state index is 0.0595. The molecule has 0 aromatic carbocycles. The van der Waals surface area contributed by atoms with Gasteiger partial charge < -0.3 is 4.90 Å². The van der Waals surface area contributed by atoms with Gasteiger partial charge in [-0.25, -0.2) is 0 Å². The monoisotopic (exact) mass is 286 g/mol. The zero-order chi connectivity index (χ0) is 13.3. The summed E-state index contributed by atoms with van der Waals surface area (Å²) in [6.45, 7) is 5.15. The molecule has 0 aliphatic carbocycles. The summed E-state index contributed by atoms with van der Waals surface area (Å²) in [6.07, 6.45) is 0. The van der Waals surface area contributed by atoms with Crippen LogP contribution in [0.3, 0.4) is 0 Å². The quantitative estimate of drug-likeness (QED) is 0.485. The number of thioether (sulfide) groups is 1. The Balaban J connectivity index is 2.35. The van der Waals surface area contributed by atoms with Crippen LogP contribution < -0.4 is 4.90 Å². The smallest absolute Gasteiger partial charge is 0.304 e. The first-order chi connectivity index (χ1) is 8.49. The first-order valence-electron chi connectivity index (χ1n) is 5.64. The summed E-state index contributed by atoms with van der Waals surface area (Å²) in [5.41, 5.74) is 0.0595. The SMILES string of the molecule is CC(=O)c1cc([N+](=O)[O-])c(N2CCSC(C)C2)s1. The molecule has 0 N–H and O–H groups in total. The molecule has 1 unspecified atom stereocenters. The van der Waals surface area contributed by atoms with E-state index in [0.29, 0.717) is 15.1 Å². The van der Waals surface area contributed by atoms with Crippen molar-refractivity contribution in [3.63, 3.8) is 0 Å². The molecule has 2 rings (SSSR count). The molecule has 1 aromatic heterocycles. The number of nitrogens with zero attached hydrogens (tertiary/aromatic N) is 2. The Morgan fingerprint density at radius 3 is 2.89 bits per heavy atom. The van der Waals surface area contributed by atoms with Crippen molar-refractivity contribution in [2.45, 2.75) is 19.1 Å². The lowest BCUT2D eigenvalue weighted by Crippen LogP contribution is -2.36. The summed E-state index contributed by atoms with van der Waals surface area (Å²) < 4.78 is 0. The van der Waals surface area contributed by atoms with Gasteiger partial charge in [0.15, 0.2) is 10.8 Å². The van der Waals surface area contributed by atoms with Gasteiger partial charge in [0, 0.05) is 30.2 Å². The summed E-state index contributed by atoms with van der Waals surface area (Å²) in [6, 6.07) is 1.40. The highest BCUT2D eigenvalue weighted by Crippen LogP contribution is 2.39. The van der Waals surface area contributed by atoms with Crippen molar-refractivity contribution in [1.82, 2.24) is 0 Å². The molecule has 1 aromatic rings. The summed E-state index contributed by atoms with van der Waals surface area (Å²) >= 11 is 3.10. The Bertz CT molecular complexity index is 487. The Morgan fingerprint density at radius 1 is 1.61 bits per heavy atom. The number of Topliss-reactive ketones (excluding diaryl/α,β-unsaturated/α-hetero) is 1. The highest BCUT2D eigenvalue weighted by atomic mass is 32.2. The minimum Gasteiger partial charge on any atom is -0.356 e. The predicted octanol–water partition coefficient (Wildman–Crippen LogP) is 2.80.